The summed E-state index contributed by atoms with van der Waals surface area (Å²) < 4.78 is 12.6. The lowest BCUT2D eigenvalue weighted by atomic mass is 10.1. The van der Waals surface area contributed by atoms with Crippen LogP contribution < -0.4 is 20.1 Å². The van der Waals surface area contributed by atoms with Gasteiger partial charge >= 0.3 is 0 Å². The fourth-order valence-corrected chi connectivity index (χ4v) is 2.85. The minimum absolute atomic E-state index is 0. The number of nitrogens with zero attached hydrogens (tertiary/aromatic N) is 4. The lowest BCUT2D eigenvalue weighted by Crippen LogP contribution is -2.38. The molecule has 156 valence electrons. The Hall–Kier alpha value is -2.56. The highest BCUT2D eigenvalue weighted by Crippen LogP contribution is 2.27. The van der Waals surface area contributed by atoms with Crippen molar-refractivity contribution in [3.8, 4) is 11.5 Å². The van der Waals surface area contributed by atoms with Crippen molar-refractivity contribution in [2.24, 2.45) is 4.99 Å². The van der Waals surface area contributed by atoms with E-state index >= 15 is 0 Å². The molecule has 2 N–H and O–H groups in total. The van der Waals surface area contributed by atoms with Crippen molar-refractivity contribution < 1.29 is 9.47 Å². The molecule has 0 aliphatic carbocycles. The van der Waals surface area contributed by atoms with Crippen molar-refractivity contribution in [2.75, 3.05) is 27.3 Å². The smallest absolute Gasteiger partial charge is 0.191 e. The number of pyridine rings is 1. The molecule has 8 nitrogen and oxygen atoms in total. The predicted molar refractivity (Wildman–Crippen MR) is 124 cm³/mol. The predicted octanol–water partition coefficient (Wildman–Crippen LogP) is 2.66. The summed E-state index contributed by atoms with van der Waals surface area (Å²) in [6.45, 7) is 4.00. The first-order valence-electron chi connectivity index (χ1n) is 9.27. The van der Waals surface area contributed by atoms with Gasteiger partial charge in [-0.25, -0.2) is 4.99 Å². The molecule has 2 heterocycles. The van der Waals surface area contributed by atoms with E-state index in [1.807, 2.05) is 53.9 Å². The Morgan fingerprint density at radius 1 is 1.07 bits per heavy atom. The SMILES string of the molecule is CCNC(=NCc1nnc2ccccn12)NCCc1ccc(OC)c(OC)c1.I. The number of methoxy groups -OCH3 is 2. The van der Waals surface area contributed by atoms with E-state index in [1.54, 1.807) is 14.2 Å². The van der Waals surface area contributed by atoms with Crippen LogP contribution in [0.1, 0.15) is 18.3 Å². The van der Waals surface area contributed by atoms with Crippen LogP contribution in [0.5, 0.6) is 11.5 Å². The van der Waals surface area contributed by atoms with Gasteiger partial charge in [0.25, 0.3) is 0 Å². The van der Waals surface area contributed by atoms with Crippen LogP contribution in [0.4, 0.5) is 0 Å². The maximum Gasteiger partial charge on any atom is 0.191 e. The Morgan fingerprint density at radius 2 is 1.90 bits per heavy atom. The third-order valence-electron chi connectivity index (χ3n) is 4.26. The fraction of sp³-hybridized carbons (Fsp3) is 0.350. The van der Waals surface area contributed by atoms with Crippen LogP contribution in [0.2, 0.25) is 0 Å². The van der Waals surface area contributed by atoms with Crippen molar-refractivity contribution >= 4 is 35.6 Å². The summed E-state index contributed by atoms with van der Waals surface area (Å²) in [6, 6.07) is 11.8. The first-order chi connectivity index (χ1) is 13.7. The van der Waals surface area contributed by atoms with Crippen LogP contribution in [0.3, 0.4) is 0 Å². The fourth-order valence-electron chi connectivity index (χ4n) is 2.85. The second-order valence-electron chi connectivity index (χ2n) is 6.11. The van der Waals surface area contributed by atoms with Gasteiger partial charge in [-0.2, -0.15) is 0 Å². The maximum absolute atomic E-state index is 5.36. The van der Waals surface area contributed by atoms with E-state index in [2.05, 4.69) is 25.8 Å². The summed E-state index contributed by atoms with van der Waals surface area (Å²) in [5.74, 6) is 3.01. The molecule has 3 aromatic rings. The number of nitrogens with one attached hydrogen (secondary N) is 2. The van der Waals surface area contributed by atoms with Crippen molar-refractivity contribution in [3.63, 3.8) is 0 Å². The molecule has 0 bridgehead atoms. The first kappa shape index (κ1) is 22.7. The monoisotopic (exact) mass is 510 g/mol. The first-order valence-corrected chi connectivity index (χ1v) is 9.27. The highest BCUT2D eigenvalue weighted by atomic mass is 127. The molecule has 0 aliphatic heterocycles. The van der Waals surface area contributed by atoms with Crippen molar-refractivity contribution in [3.05, 3.63) is 54.0 Å². The number of aliphatic imine (C=N–C) groups is 1. The number of fused-ring (bicyclic) bond motifs is 1. The number of benzene rings is 1. The summed E-state index contributed by atoms with van der Waals surface area (Å²) in [6.07, 6.45) is 2.77. The van der Waals surface area contributed by atoms with Gasteiger partial charge in [0.15, 0.2) is 28.9 Å². The standard InChI is InChI=1S/C20H26N6O2.HI/c1-4-21-20(23-14-19-25-24-18-7-5-6-12-26(18)19)22-11-10-15-8-9-16(27-2)17(13-15)28-3;/h5-9,12-13H,4,10-11,14H2,1-3H3,(H2,21,22,23);1H. The zero-order valence-electron chi connectivity index (χ0n) is 16.9. The van der Waals surface area contributed by atoms with Crippen LogP contribution >= 0.6 is 24.0 Å². The molecule has 29 heavy (non-hydrogen) atoms. The zero-order valence-corrected chi connectivity index (χ0v) is 19.2. The van der Waals surface area contributed by atoms with Gasteiger partial charge in [0.05, 0.1) is 14.2 Å². The molecule has 3 rings (SSSR count). The lowest BCUT2D eigenvalue weighted by molar-refractivity contribution is 0.354. The van der Waals surface area contributed by atoms with Gasteiger partial charge in [0.2, 0.25) is 0 Å². The van der Waals surface area contributed by atoms with E-state index in [0.29, 0.717) is 6.54 Å². The number of guanidine groups is 1. The quantitative estimate of drug-likeness (QED) is 0.276. The van der Waals surface area contributed by atoms with E-state index in [1.165, 1.54) is 0 Å². The summed E-state index contributed by atoms with van der Waals surface area (Å²) >= 11 is 0. The van der Waals surface area contributed by atoms with Crippen LogP contribution in [-0.2, 0) is 13.0 Å². The summed E-state index contributed by atoms with van der Waals surface area (Å²) in [7, 11) is 3.28. The van der Waals surface area contributed by atoms with E-state index in [0.717, 1.165) is 54.0 Å². The minimum atomic E-state index is 0. The van der Waals surface area contributed by atoms with E-state index in [4.69, 9.17) is 9.47 Å². The summed E-state index contributed by atoms with van der Waals surface area (Å²) in [5, 5.41) is 15.0. The molecule has 0 aliphatic rings. The van der Waals surface area contributed by atoms with E-state index < -0.39 is 0 Å². The molecule has 9 heteroatoms. The van der Waals surface area contributed by atoms with Crippen LogP contribution in [0.15, 0.2) is 47.6 Å². The molecular formula is C20H27IN6O2. The van der Waals surface area contributed by atoms with Crippen molar-refractivity contribution in [1.29, 1.82) is 0 Å². The largest absolute Gasteiger partial charge is 0.493 e. The average Bonchev–Trinajstić information content (AvgIpc) is 3.15. The minimum Gasteiger partial charge on any atom is -0.493 e. The van der Waals surface area contributed by atoms with E-state index in [9.17, 15) is 0 Å². The molecular weight excluding hydrogens is 483 g/mol. The number of rotatable bonds is 8. The Balaban J connectivity index is 0.00000300. The maximum atomic E-state index is 5.36. The number of halogens is 1. The molecule has 0 unspecified atom stereocenters. The number of ether oxygens (including phenoxy) is 2. The van der Waals surface area contributed by atoms with Crippen molar-refractivity contribution in [2.45, 2.75) is 19.9 Å². The van der Waals surface area contributed by atoms with Crippen LogP contribution in [-0.4, -0.2) is 47.9 Å². The van der Waals surface area contributed by atoms with E-state index in [-0.39, 0.29) is 24.0 Å². The van der Waals surface area contributed by atoms with Gasteiger partial charge in [-0.1, -0.05) is 12.1 Å². The van der Waals surface area contributed by atoms with Gasteiger partial charge in [-0.3, -0.25) is 4.40 Å². The molecule has 0 atom stereocenters. The van der Waals surface area contributed by atoms with Gasteiger partial charge in [0.1, 0.15) is 6.54 Å². The zero-order chi connectivity index (χ0) is 19.8. The molecule has 0 amide bonds. The second-order valence-corrected chi connectivity index (χ2v) is 6.11. The molecule has 0 spiro atoms. The Morgan fingerprint density at radius 3 is 2.66 bits per heavy atom. The second kappa shape index (κ2) is 11.4. The highest BCUT2D eigenvalue weighted by Gasteiger charge is 2.06. The summed E-state index contributed by atoms with van der Waals surface area (Å²) in [5.41, 5.74) is 1.98. The molecule has 0 saturated carbocycles. The number of aromatic nitrogens is 3. The Labute approximate surface area is 187 Å². The third kappa shape index (κ3) is 5.96. The Bertz CT molecular complexity index is 944. The third-order valence-corrected chi connectivity index (χ3v) is 4.26. The number of hydrogen-bond acceptors (Lipinski definition) is 5. The van der Waals surface area contributed by atoms with Crippen LogP contribution in [0, 0.1) is 0 Å². The topological polar surface area (TPSA) is 85.1 Å². The highest BCUT2D eigenvalue weighted by molar-refractivity contribution is 14.0. The molecule has 0 saturated heterocycles. The average molecular weight is 510 g/mol. The van der Waals surface area contributed by atoms with Crippen molar-refractivity contribution in [1.82, 2.24) is 25.2 Å². The molecule has 0 fully saturated rings. The lowest BCUT2D eigenvalue weighted by Gasteiger charge is -2.12. The molecule has 0 radical (unpaired) electrons. The molecule has 2 aromatic heterocycles. The molecule has 1 aromatic carbocycles. The normalized spacial score (nSPS) is 11.1. The van der Waals surface area contributed by atoms with Gasteiger partial charge < -0.3 is 20.1 Å². The Kier molecular flexibility index (Phi) is 8.97. The van der Waals surface area contributed by atoms with Gasteiger partial charge in [0, 0.05) is 19.3 Å². The summed E-state index contributed by atoms with van der Waals surface area (Å²) in [4.78, 5) is 4.62. The number of hydrogen-bond donors (Lipinski definition) is 2. The van der Waals surface area contributed by atoms with Crippen LogP contribution in [0.25, 0.3) is 5.65 Å². The van der Waals surface area contributed by atoms with Gasteiger partial charge in [-0.05, 0) is 43.2 Å². The van der Waals surface area contributed by atoms with Gasteiger partial charge in [-0.15, -0.1) is 34.2 Å².